The molecule has 0 atom stereocenters. The smallest absolute Gasteiger partial charge is 0.359 e. The number of benzene rings is 1. The maximum absolute atomic E-state index is 11.5. The first-order valence-electron chi connectivity index (χ1n) is 4.74. The van der Waals surface area contributed by atoms with Gasteiger partial charge in [-0.05, 0) is 6.07 Å². The van der Waals surface area contributed by atoms with Crippen LogP contribution in [0.15, 0.2) is 18.2 Å². The Bertz CT molecular complexity index is 617. The van der Waals surface area contributed by atoms with Gasteiger partial charge in [-0.2, -0.15) is 5.10 Å². The highest BCUT2D eigenvalue weighted by molar-refractivity contribution is 6.02. The summed E-state index contributed by atoms with van der Waals surface area (Å²) >= 11 is 0. The average Bonchev–Trinajstić information content (AvgIpc) is 2.65. The summed E-state index contributed by atoms with van der Waals surface area (Å²) in [5.74, 6) is -0.615. The number of esters is 1. The molecule has 2 aromatic rings. The predicted octanol–water partition coefficient (Wildman–Crippen LogP) is 1.27. The minimum absolute atomic E-state index is 0.0775. The van der Waals surface area contributed by atoms with Gasteiger partial charge in [-0.25, -0.2) is 4.79 Å². The Balaban J connectivity index is 2.73. The fourth-order valence-electron chi connectivity index (χ4n) is 1.61. The van der Waals surface area contributed by atoms with E-state index in [4.69, 9.17) is 0 Å². The van der Waals surface area contributed by atoms with Gasteiger partial charge in [-0.1, -0.05) is 0 Å². The summed E-state index contributed by atoms with van der Waals surface area (Å²) in [6.07, 6.45) is 0. The van der Waals surface area contributed by atoms with Crippen LogP contribution in [0, 0.1) is 10.1 Å². The van der Waals surface area contributed by atoms with E-state index in [9.17, 15) is 14.9 Å². The van der Waals surface area contributed by atoms with Crippen molar-refractivity contribution in [1.82, 2.24) is 9.78 Å². The molecule has 1 aromatic carbocycles. The molecule has 0 amide bonds. The van der Waals surface area contributed by atoms with Crippen molar-refractivity contribution in [2.45, 2.75) is 0 Å². The predicted molar refractivity (Wildman–Crippen MR) is 58.7 cm³/mol. The second-order valence-electron chi connectivity index (χ2n) is 3.42. The van der Waals surface area contributed by atoms with E-state index in [0.29, 0.717) is 10.9 Å². The Labute approximate surface area is 95.7 Å². The highest BCUT2D eigenvalue weighted by Gasteiger charge is 2.19. The minimum atomic E-state index is -0.615. The zero-order chi connectivity index (χ0) is 12.6. The summed E-state index contributed by atoms with van der Waals surface area (Å²) in [4.78, 5) is 21.6. The highest BCUT2D eigenvalue weighted by Crippen LogP contribution is 2.23. The van der Waals surface area contributed by atoms with Gasteiger partial charge in [0, 0.05) is 24.6 Å². The number of nitro groups is 1. The molecular weight excluding hydrogens is 226 g/mol. The quantitative estimate of drug-likeness (QED) is 0.444. The topological polar surface area (TPSA) is 87.3 Å². The van der Waals surface area contributed by atoms with Crippen molar-refractivity contribution in [3.63, 3.8) is 0 Å². The first-order valence-corrected chi connectivity index (χ1v) is 4.74. The van der Waals surface area contributed by atoms with E-state index in [0.717, 1.165) is 0 Å². The van der Waals surface area contributed by atoms with Crippen LogP contribution in [0.4, 0.5) is 5.69 Å². The van der Waals surface area contributed by atoms with E-state index in [2.05, 4.69) is 9.84 Å². The molecule has 1 aromatic heterocycles. The largest absolute Gasteiger partial charge is 0.464 e. The lowest BCUT2D eigenvalue weighted by Gasteiger charge is -1.95. The van der Waals surface area contributed by atoms with Crippen LogP contribution in [0.25, 0.3) is 10.9 Å². The van der Waals surface area contributed by atoms with E-state index in [1.54, 1.807) is 13.1 Å². The van der Waals surface area contributed by atoms with Crippen LogP contribution in [-0.4, -0.2) is 27.8 Å². The molecule has 0 spiro atoms. The maximum atomic E-state index is 11.5. The molecular formula is C10H9N3O4. The molecule has 7 nitrogen and oxygen atoms in total. The van der Waals surface area contributed by atoms with E-state index in [-0.39, 0.29) is 11.4 Å². The molecule has 0 aliphatic carbocycles. The second-order valence-corrected chi connectivity index (χ2v) is 3.42. The van der Waals surface area contributed by atoms with Crippen molar-refractivity contribution < 1.29 is 14.5 Å². The van der Waals surface area contributed by atoms with Crippen molar-refractivity contribution in [2.24, 2.45) is 7.05 Å². The third-order valence-corrected chi connectivity index (χ3v) is 2.42. The summed E-state index contributed by atoms with van der Waals surface area (Å²) in [6.45, 7) is 0. The number of hydrogen-bond acceptors (Lipinski definition) is 5. The first-order chi connectivity index (χ1) is 8.04. The number of rotatable bonds is 2. The van der Waals surface area contributed by atoms with Crippen molar-refractivity contribution >= 4 is 22.6 Å². The monoisotopic (exact) mass is 235 g/mol. The second kappa shape index (κ2) is 3.85. The third kappa shape index (κ3) is 1.71. The van der Waals surface area contributed by atoms with E-state index < -0.39 is 10.9 Å². The van der Waals surface area contributed by atoms with Crippen LogP contribution in [0.3, 0.4) is 0 Å². The number of fused-ring (bicyclic) bond motifs is 1. The Kier molecular flexibility index (Phi) is 2.51. The average molecular weight is 235 g/mol. The van der Waals surface area contributed by atoms with Gasteiger partial charge in [0.1, 0.15) is 0 Å². The summed E-state index contributed by atoms with van der Waals surface area (Å²) in [7, 11) is 2.89. The van der Waals surface area contributed by atoms with Crippen molar-refractivity contribution in [3.8, 4) is 0 Å². The third-order valence-electron chi connectivity index (χ3n) is 2.42. The molecule has 2 rings (SSSR count). The number of aromatic nitrogens is 2. The first kappa shape index (κ1) is 11.1. The van der Waals surface area contributed by atoms with Gasteiger partial charge in [-0.15, -0.1) is 0 Å². The van der Waals surface area contributed by atoms with Crippen molar-refractivity contribution in [1.29, 1.82) is 0 Å². The normalized spacial score (nSPS) is 10.5. The number of aryl methyl sites for hydroxylation is 1. The highest BCUT2D eigenvalue weighted by atomic mass is 16.6. The molecule has 1 heterocycles. The van der Waals surface area contributed by atoms with Crippen molar-refractivity contribution in [3.05, 3.63) is 34.0 Å². The molecule has 0 saturated carbocycles. The summed E-state index contributed by atoms with van der Waals surface area (Å²) in [5, 5.41) is 15.1. The number of nitrogens with zero attached hydrogens (tertiary/aromatic N) is 3. The Morgan fingerprint density at radius 1 is 1.53 bits per heavy atom. The minimum Gasteiger partial charge on any atom is -0.464 e. The van der Waals surface area contributed by atoms with Gasteiger partial charge >= 0.3 is 5.97 Å². The summed E-state index contributed by atoms with van der Waals surface area (Å²) in [6, 6.07) is 4.23. The van der Waals surface area contributed by atoms with Crippen LogP contribution in [0.2, 0.25) is 0 Å². The standard InChI is InChI=1S/C10H9N3O4/c1-12-8-4-3-6(13(15)16)5-7(8)9(11-12)10(14)17-2/h3-5H,1-2H3. The Hall–Kier alpha value is -2.44. The number of carbonyl (C=O) groups is 1. The van der Waals surface area contributed by atoms with E-state index in [1.807, 2.05) is 0 Å². The van der Waals surface area contributed by atoms with Crippen LogP contribution in [-0.2, 0) is 11.8 Å². The van der Waals surface area contributed by atoms with Crippen molar-refractivity contribution in [2.75, 3.05) is 7.11 Å². The molecule has 88 valence electrons. The van der Waals surface area contributed by atoms with E-state index >= 15 is 0 Å². The van der Waals surface area contributed by atoms with Gasteiger partial charge in [0.05, 0.1) is 17.5 Å². The molecule has 0 aliphatic rings. The lowest BCUT2D eigenvalue weighted by Crippen LogP contribution is -2.03. The number of carbonyl (C=O) groups excluding carboxylic acids is 1. The molecule has 17 heavy (non-hydrogen) atoms. The molecule has 0 aliphatic heterocycles. The SMILES string of the molecule is COC(=O)c1nn(C)c2ccc([N+](=O)[O-])cc12. The van der Waals surface area contributed by atoms with Crippen LogP contribution < -0.4 is 0 Å². The number of non-ortho nitro benzene ring substituents is 1. The van der Waals surface area contributed by atoms with Crippen LogP contribution >= 0.6 is 0 Å². The molecule has 0 N–H and O–H groups in total. The van der Waals surface area contributed by atoms with Gasteiger partial charge in [-0.3, -0.25) is 14.8 Å². The van der Waals surface area contributed by atoms with Crippen LogP contribution in [0.1, 0.15) is 10.5 Å². The Morgan fingerprint density at radius 2 is 2.24 bits per heavy atom. The zero-order valence-corrected chi connectivity index (χ0v) is 9.21. The van der Waals surface area contributed by atoms with Gasteiger partial charge in [0.25, 0.3) is 5.69 Å². The number of methoxy groups -OCH3 is 1. The lowest BCUT2D eigenvalue weighted by atomic mass is 10.2. The molecule has 0 saturated heterocycles. The molecule has 0 unspecified atom stereocenters. The number of ether oxygens (including phenoxy) is 1. The fraction of sp³-hybridized carbons (Fsp3) is 0.200. The fourth-order valence-corrected chi connectivity index (χ4v) is 1.61. The molecule has 0 radical (unpaired) electrons. The molecule has 0 fully saturated rings. The molecule has 0 bridgehead atoms. The van der Waals surface area contributed by atoms with Gasteiger partial charge in [0.15, 0.2) is 5.69 Å². The maximum Gasteiger partial charge on any atom is 0.359 e. The molecule has 7 heteroatoms. The summed E-state index contributed by atoms with van der Waals surface area (Å²) in [5.41, 5.74) is 0.625. The Morgan fingerprint density at radius 3 is 2.82 bits per heavy atom. The lowest BCUT2D eigenvalue weighted by molar-refractivity contribution is -0.384. The van der Waals surface area contributed by atoms with Crippen LogP contribution in [0.5, 0.6) is 0 Å². The number of hydrogen-bond donors (Lipinski definition) is 0. The van der Waals surface area contributed by atoms with Gasteiger partial charge < -0.3 is 4.74 Å². The number of nitro benzene ring substituents is 1. The van der Waals surface area contributed by atoms with Gasteiger partial charge in [0.2, 0.25) is 0 Å². The summed E-state index contributed by atoms with van der Waals surface area (Å²) < 4.78 is 6.05. The van der Waals surface area contributed by atoms with E-state index in [1.165, 1.54) is 23.9 Å². The zero-order valence-electron chi connectivity index (χ0n) is 9.21.